The molecular formula is C22H18F2N4O2. The Kier molecular flexibility index (Phi) is 5.14. The average molecular weight is 408 g/mol. The van der Waals surface area contributed by atoms with Crippen LogP contribution in [0.2, 0.25) is 0 Å². The number of fused-ring (bicyclic) bond motifs is 1. The molecule has 2 heterocycles. The number of nitrogens with one attached hydrogen (secondary N) is 1. The maximum atomic E-state index is 13.0. The number of hydrogen-bond donors (Lipinski definition) is 1. The minimum absolute atomic E-state index is 0.0186. The summed E-state index contributed by atoms with van der Waals surface area (Å²) in [6, 6.07) is 17.0. The van der Waals surface area contributed by atoms with Gasteiger partial charge in [-0.1, -0.05) is 18.2 Å². The summed E-state index contributed by atoms with van der Waals surface area (Å²) >= 11 is 0. The normalized spacial score (nSPS) is 11.1. The molecule has 0 saturated carbocycles. The van der Waals surface area contributed by atoms with E-state index >= 15 is 0 Å². The van der Waals surface area contributed by atoms with Gasteiger partial charge in [0.1, 0.15) is 5.75 Å². The third-order valence-corrected chi connectivity index (χ3v) is 4.52. The van der Waals surface area contributed by atoms with Gasteiger partial charge >= 0.3 is 6.61 Å². The molecule has 1 amide bonds. The lowest BCUT2D eigenvalue weighted by Gasteiger charge is -2.09. The molecule has 4 rings (SSSR count). The van der Waals surface area contributed by atoms with Crippen molar-refractivity contribution in [1.29, 1.82) is 0 Å². The number of ether oxygens (including phenoxy) is 1. The largest absolute Gasteiger partial charge is 0.435 e. The number of rotatable bonds is 5. The predicted octanol–water partition coefficient (Wildman–Crippen LogP) is 4.89. The number of aromatic nitrogens is 3. The zero-order chi connectivity index (χ0) is 21.3. The molecule has 2 aromatic carbocycles. The molecular weight excluding hydrogens is 390 g/mol. The minimum Gasteiger partial charge on any atom is -0.435 e. The van der Waals surface area contributed by atoms with E-state index in [4.69, 9.17) is 0 Å². The van der Waals surface area contributed by atoms with E-state index in [0.29, 0.717) is 33.7 Å². The maximum absolute atomic E-state index is 13.0. The third-order valence-electron chi connectivity index (χ3n) is 4.52. The number of carbonyl (C=O) groups is 1. The first kappa shape index (κ1) is 19.5. The molecule has 152 valence electrons. The Labute approximate surface area is 171 Å². The van der Waals surface area contributed by atoms with E-state index in [0.717, 1.165) is 5.69 Å². The second kappa shape index (κ2) is 7.90. The van der Waals surface area contributed by atoms with Gasteiger partial charge in [0.05, 0.1) is 22.3 Å². The van der Waals surface area contributed by atoms with E-state index in [9.17, 15) is 13.6 Å². The van der Waals surface area contributed by atoms with Gasteiger partial charge in [-0.05, 0) is 56.3 Å². The van der Waals surface area contributed by atoms with E-state index in [1.54, 1.807) is 10.7 Å². The van der Waals surface area contributed by atoms with Gasteiger partial charge in [-0.25, -0.2) is 9.67 Å². The number of nitrogens with zero attached hydrogens (tertiary/aromatic N) is 3. The quantitative estimate of drug-likeness (QED) is 0.510. The average Bonchev–Trinajstić information content (AvgIpc) is 3.05. The van der Waals surface area contributed by atoms with Gasteiger partial charge in [0.2, 0.25) is 0 Å². The monoisotopic (exact) mass is 408 g/mol. The van der Waals surface area contributed by atoms with Crippen molar-refractivity contribution < 1.29 is 18.3 Å². The third kappa shape index (κ3) is 3.84. The molecule has 30 heavy (non-hydrogen) atoms. The lowest BCUT2D eigenvalue weighted by molar-refractivity contribution is -0.0498. The molecule has 0 fully saturated rings. The van der Waals surface area contributed by atoms with Crippen LogP contribution in [-0.2, 0) is 0 Å². The van der Waals surface area contributed by atoms with Crippen molar-refractivity contribution in [1.82, 2.24) is 14.8 Å². The van der Waals surface area contributed by atoms with E-state index in [1.807, 2.05) is 44.2 Å². The number of anilines is 1. The van der Waals surface area contributed by atoms with E-state index < -0.39 is 6.61 Å². The fraction of sp³-hybridized carbons (Fsp3) is 0.136. The Hall–Kier alpha value is -3.81. The molecule has 6 nitrogen and oxygen atoms in total. The summed E-state index contributed by atoms with van der Waals surface area (Å²) < 4.78 is 30.6. The number of pyridine rings is 1. The lowest BCUT2D eigenvalue weighted by atomic mass is 10.1. The number of alkyl halides is 2. The van der Waals surface area contributed by atoms with Crippen molar-refractivity contribution in [3.05, 3.63) is 77.6 Å². The van der Waals surface area contributed by atoms with Crippen LogP contribution in [0.3, 0.4) is 0 Å². The molecule has 1 N–H and O–H groups in total. The summed E-state index contributed by atoms with van der Waals surface area (Å²) in [6.45, 7) is 0.735. The number of hydrogen-bond acceptors (Lipinski definition) is 4. The van der Waals surface area contributed by atoms with Gasteiger partial charge in [-0.2, -0.15) is 13.9 Å². The Morgan fingerprint density at radius 2 is 1.77 bits per heavy atom. The summed E-state index contributed by atoms with van der Waals surface area (Å²) in [5.74, 6) is -0.325. The SMILES string of the molecule is Cc1cc(C(=O)Nc2ccc(OC(F)F)cc2)c2c(C)nn(-c3ccccc3)c2n1. The molecule has 0 spiro atoms. The van der Waals surface area contributed by atoms with Crippen molar-refractivity contribution in [2.45, 2.75) is 20.5 Å². The first-order valence-electron chi connectivity index (χ1n) is 9.21. The number of carbonyl (C=O) groups excluding carboxylic acids is 1. The Morgan fingerprint density at radius 1 is 1.07 bits per heavy atom. The van der Waals surface area contributed by atoms with Crippen LogP contribution in [0.5, 0.6) is 5.75 Å². The minimum atomic E-state index is -2.90. The molecule has 0 aliphatic carbocycles. The second-order valence-corrected chi connectivity index (χ2v) is 6.70. The number of aryl methyl sites for hydroxylation is 2. The first-order chi connectivity index (χ1) is 14.4. The van der Waals surface area contributed by atoms with Crippen LogP contribution >= 0.6 is 0 Å². The van der Waals surface area contributed by atoms with Crippen molar-refractivity contribution >= 4 is 22.6 Å². The molecule has 0 atom stereocenters. The van der Waals surface area contributed by atoms with Crippen molar-refractivity contribution in [3.8, 4) is 11.4 Å². The van der Waals surface area contributed by atoms with Crippen molar-refractivity contribution in [3.63, 3.8) is 0 Å². The molecule has 8 heteroatoms. The molecule has 0 saturated heterocycles. The molecule has 2 aromatic heterocycles. The number of para-hydroxylation sites is 1. The van der Waals surface area contributed by atoms with E-state index in [-0.39, 0.29) is 11.7 Å². The number of halogens is 2. The summed E-state index contributed by atoms with van der Waals surface area (Å²) in [4.78, 5) is 17.6. The fourth-order valence-corrected chi connectivity index (χ4v) is 3.26. The predicted molar refractivity (Wildman–Crippen MR) is 109 cm³/mol. The lowest BCUT2D eigenvalue weighted by Crippen LogP contribution is -2.13. The summed E-state index contributed by atoms with van der Waals surface area (Å²) in [5.41, 5.74) is 3.67. The van der Waals surface area contributed by atoms with Crippen LogP contribution in [0.25, 0.3) is 16.7 Å². The van der Waals surface area contributed by atoms with Crippen LogP contribution in [-0.4, -0.2) is 27.3 Å². The van der Waals surface area contributed by atoms with Crippen LogP contribution in [0, 0.1) is 13.8 Å². The Morgan fingerprint density at radius 3 is 2.43 bits per heavy atom. The van der Waals surface area contributed by atoms with Crippen LogP contribution in [0.4, 0.5) is 14.5 Å². The summed E-state index contributed by atoms with van der Waals surface area (Å²) in [7, 11) is 0. The summed E-state index contributed by atoms with van der Waals surface area (Å²) in [5, 5.41) is 8.02. The van der Waals surface area contributed by atoms with E-state index in [1.165, 1.54) is 24.3 Å². The summed E-state index contributed by atoms with van der Waals surface area (Å²) in [6.07, 6.45) is 0. The Bertz CT molecular complexity index is 1210. The molecule has 0 radical (unpaired) electrons. The molecule has 0 aliphatic rings. The Balaban J connectivity index is 1.70. The second-order valence-electron chi connectivity index (χ2n) is 6.70. The van der Waals surface area contributed by atoms with Gasteiger partial charge in [0, 0.05) is 11.4 Å². The number of benzene rings is 2. The fourth-order valence-electron chi connectivity index (χ4n) is 3.26. The van der Waals surface area contributed by atoms with Gasteiger partial charge < -0.3 is 10.1 Å². The van der Waals surface area contributed by atoms with Gasteiger partial charge in [-0.15, -0.1) is 0 Å². The van der Waals surface area contributed by atoms with Crippen LogP contribution < -0.4 is 10.1 Å². The van der Waals surface area contributed by atoms with Gasteiger partial charge in [-0.3, -0.25) is 4.79 Å². The highest BCUT2D eigenvalue weighted by molar-refractivity contribution is 6.12. The highest BCUT2D eigenvalue weighted by Crippen LogP contribution is 2.26. The number of amides is 1. The van der Waals surface area contributed by atoms with Crippen molar-refractivity contribution in [2.75, 3.05) is 5.32 Å². The zero-order valence-corrected chi connectivity index (χ0v) is 16.3. The maximum Gasteiger partial charge on any atom is 0.387 e. The van der Waals surface area contributed by atoms with Gasteiger partial charge in [0.15, 0.2) is 5.65 Å². The molecule has 0 bridgehead atoms. The van der Waals surface area contributed by atoms with Gasteiger partial charge in [0.25, 0.3) is 5.91 Å². The highest BCUT2D eigenvalue weighted by atomic mass is 19.3. The van der Waals surface area contributed by atoms with Crippen LogP contribution in [0.1, 0.15) is 21.7 Å². The van der Waals surface area contributed by atoms with Crippen molar-refractivity contribution in [2.24, 2.45) is 0 Å². The highest BCUT2D eigenvalue weighted by Gasteiger charge is 2.19. The van der Waals surface area contributed by atoms with Crippen LogP contribution in [0.15, 0.2) is 60.7 Å². The zero-order valence-electron chi connectivity index (χ0n) is 16.3. The first-order valence-corrected chi connectivity index (χ1v) is 9.21. The smallest absolute Gasteiger partial charge is 0.387 e. The standard InChI is InChI=1S/C22H18F2N4O2/c1-13-12-18(21(29)26-15-8-10-17(11-9-15)30-22(23)24)19-14(2)27-28(20(19)25-13)16-6-4-3-5-7-16/h3-12,22H,1-2H3,(H,26,29). The topological polar surface area (TPSA) is 69.0 Å². The molecule has 0 unspecified atom stereocenters. The molecule has 4 aromatic rings. The van der Waals surface area contributed by atoms with E-state index in [2.05, 4.69) is 20.1 Å². The molecule has 0 aliphatic heterocycles.